The van der Waals surface area contributed by atoms with Crippen molar-refractivity contribution in [3.63, 3.8) is 0 Å². The van der Waals surface area contributed by atoms with Crippen LogP contribution in [0.3, 0.4) is 0 Å². The molecule has 2 N–H and O–H groups in total. The molecule has 0 spiro atoms. The van der Waals surface area contributed by atoms with Crippen LogP contribution < -0.4 is 11.0 Å². The second-order valence-corrected chi connectivity index (χ2v) is 5.21. The lowest BCUT2D eigenvalue weighted by Gasteiger charge is -2.02. The largest absolute Gasteiger partial charge is 0.306 e. The Morgan fingerprint density at radius 2 is 2.05 bits per heavy atom. The first-order valence-electron chi connectivity index (χ1n) is 6.19. The maximum absolute atomic E-state index is 11.7. The zero-order valence-electron chi connectivity index (χ0n) is 11.6. The van der Waals surface area contributed by atoms with Crippen molar-refractivity contribution in [2.75, 3.05) is 0 Å². The minimum absolute atomic E-state index is 0.245. The molecule has 2 aromatic rings. The molecule has 21 heavy (non-hydrogen) atoms. The summed E-state index contributed by atoms with van der Waals surface area (Å²) in [5.74, 6) is 0. The number of aromatic amines is 1. The highest BCUT2D eigenvalue weighted by atomic mass is 32.2. The van der Waals surface area contributed by atoms with E-state index >= 15 is 0 Å². The molecule has 1 aromatic heterocycles. The van der Waals surface area contributed by atoms with E-state index in [1.165, 1.54) is 6.21 Å². The predicted molar refractivity (Wildman–Crippen MR) is 82.8 cm³/mol. The summed E-state index contributed by atoms with van der Waals surface area (Å²) in [6.45, 7) is 3.40. The molecule has 108 valence electrons. The van der Waals surface area contributed by atoms with Crippen molar-refractivity contribution in [3.05, 3.63) is 57.5 Å². The van der Waals surface area contributed by atoms with Gasteiger partial charge in [0.25, 0.3) is 5.56 Å². The highest BCUT2D eigenvalue weighted by Gasteiger charge is 2.08. The van der Waals surface area contributed by atoms with Crippen molar-refractivity contribution in [1.82, 2.24) is 15.4 Å². The van der Waals surface area contributed by atoms with Crippen LogP contribution in [0.15, 0.2) is 45.4 Å². The van der Waals surface area contributed by atoms with Crippen LogP contribution in [-0.4, -0.2) is 21.4 Å². The molecule has 0 radical (unpaired) electrons. The first-order chi connectivity index (χ1) is 10.1. The molecule has 2 rings (SSSR count). The number of hydrogen-bond donors (Lipinski definition) is 2. The fourth-order valence-electron chi connectivity index (χ4n) is 1.48. The van der Waals surface area contributed by atoms with Crippen LogP contribution in [0.4, 0.5) is 4.79 Å². The van der Waals surface area contributed by atoms with Gasteiger partial charge in [-0.1, -0.05) is 30.3 Å². The van der Waals surface area contributed by atoms with Crippen LogP contribution in [-0.2, 0) is 0 Å². The summed E-state index contributed by atoms with van der Waals surface area (Å²) in [6, 6.07) is 9.38. The molecule has 0 atom stereocenters. The van der Waals surface area contributed by atoms with Gasteiger partial charge in [-0.15, -0.1) is 0 Å². The summed E-state index contributed by atoms with van der Waals surface area (Å²) in [6.07, 6.45) is 1.54. The highest BCUT2D eigenvalue weighted by molar-refractivity contribution is 8.13. The van der Waals surface area contributed by atoms with E-state index in [2.05, 4.69) is 20.5 Å². The Morgan fingerprint density at radius 3 is 2.71 bits per heavy atom. The lowest BCUT2D eigenvalue weighted by Crippen LogP contribution is -2.17. The molecule has 0 saturated heterocycles. The smallest absolute Gasteiger partial charge is 0.301 e. The molecule has 0 aliphatic heterocycles. The lowest BCUT2D eigenvalue weighted by atomic mass is 10.2. The van der Waals surface area contributed by atoms with E-state index in [1.54, 1.807) is 13.8 Å². The van der Waals surface area contributed by atoms with Crippen LogP contribution in [0.1, 0.15) is 16.8 Å². The van der Waals surface area contributed by atoms with Crippen molar-refractivity contribution in [3.8, 4) is 0 Å². The number of rotatable bonds is 3. The van der Waals surface area contributed by atoms with Gasteiger partial charge in [0.05, 0.1) is 6.21 Å². The van der Waals surface area contributed by atoms with Crippen molar-refractivity contribution in [1.29, 1.82) is 0 Å². The third-order valence-corrected chi connectivity index (χ3v) is 3.39. The maximum atomic E-state index is 11.7. The fraction of sp³-hybridized carbons (Fsp3) is 0.143. The molecule has 0 saturated carbocycles. The number of H-pyrrole nitrogens is 1. The molecular formula is C14H14N4O2S. The Labute approximate surface area is 125 Å². The zero-order valence-corrected chi connectivity index (χ0v) is 12.4. The van der Waals surface area contributed by atoms with Gasteiger partial charge in [0.1, 0.15) is 0 Å². The third-order valence-electron chi connectivity index (χ3n) is 2.73. The minimum atomic E-state index is -0.423. The van der Waals surface area contributed by atoms with Gasteiger partial charge in [-0.05, 0) is 19.4 Å². The Kier molecular flexibility index (Phi) is 4.89. The van der Waals surface area contributed by atoms with Crippen LogP contribution in [0.25, 0.3) is 0 Å². The number of carbonyl (C=O) groups is 1. The molecule has 7 heteroatoms. The number of thioether (sulfide) groups is 1. The number of carbonyl (C=O) groups excluding carboxylic acids is 1. The number of nitrogens with zero attached hydrogens (tertiary/aromatic N) is 2. The molecule has 0 bridgehead atoms. The normalized spacial score (nSPS) is 10.8. The predicted octanol–water partition coefficient (Wildman–Crippen LogP) is 2.22. The van der Waals surface area contributed by atoms with E-state index in [9.17, 15) is 9.59 Å². The quantitative estimate of drug-likeness (QED) is 0.394. The average Bonchev–Trinajstić information content (AvgIpc) is 2.46. The minimum Gasteiger partial charge on any atom is -0.301 e. The number of hydrazone groups is 1. The average molecular weight is 302 g/mol. The second-order valence-electron chi connectivity index (χ2n) is 4.25. The Hall–Kier alpha value is -2.41. The standard InChI is InChI=1S/C14H14N4O2S/c1-9-10(2)16-13(17-12(9)19)21-14(20)18-15-8-11-6-4-3-5-7-11/h3-8H,1-2H3,(H,18,20)(H,16,17,19). The summed E-state index contributed by atoms with van der Waals surface area (Å²) >= 11 is 0.785. The number of aryl methyl sites for hydroxylation is 1. The van der Waals surface area contributed by atoms with Gasteiger partial charge >= 0.3 is 5.24 Å². The molecule has 0 unspecified atom stereocenters. The van der Waals surface area contributed by atoms with Gasteiger partial charge in [0.2, 0.25) is 0 Å². The van der Waals surface area contributed by atoms with Gasteiger partial charge in [-0.25, -0.2) is 10.4 Å². The topological polar surface area (TPSA) is 87.2 Å². The van der Waals surface area contributed by atoms with E-state index in [0.29, 0.717) is 11.3 Å². The van der Waals surface area contributed by atoms with Crippen LogP contribution in [0.2, 0.25) is 0 Å². The van der Waals surface area contributed by atoms with Crippen molar-refractivity contribution < 1.29 is 4.79 Å². The Balaban J connectivity index is 1.96. The molecule has 0 aliphatic carbocycles. The van der Waals surface area contributed by atoms with Crippen LogP contribution in [0.5, 0.6) is 0 Å². The van der Waals surface area contributed by atoms with Crippen molar-refractivity contribution in [2.24, 2.45) is 5.10 Å². The van der Waals surface area contributed by atoms with E-state index in [0.717, 1.165) is 17.3 Å². The number of benzene rings is 1. The summed E-state index contributed by atoms with van der Waals surface area (Å²) in [4.78, 5) is 29.9. The molecule has 0 fully saturated rings. The van der Waals surface area contributed by atoms with Gasteiger partial charge in [-0.2, -0.15) is 5.10 Å². The molecule has 1 heterocycles. The Bertz CT molecular complexity index is 725. The first-order valence-corrected chi connectivity index (χ1v) is 7.01. The van der Waals surface area contributed by atoms with Gasteiger partial charge in [0, 0.05) is 23.0 Å². The summed E-state index contributed by atoms with van der Waals surface area (Å²) in [5.41, 5.74) is 4.14. The van der Waals surface area contributed by atoms with Crippen LogP contribution >= 0.6 is 11.8 Å². The third kappa shape index (κ3) is 4.28. The zero-order chi connectivity index (χ0) is 15.2. The fourth-order valence-corrected chi connectivity index (χ4v) is 2.08. The summed E-state index contributed by atoms with van der Waals surface area (Å²) in [7, 11) is 0. The van der Waals surface area contributed by atoms with Gasteiger partial charge in [-0.3, -0.25) is 9.59 Å². The highest BCUT2D eigenvalue weighted by Crippen LogP contribution is 2.12. The molecule has 1 amide bonds. The van der Waals surface area contributed by atoms with Crippen molar-refractivity contribution in [2.45, 2.75) is 19.0 Å². The second kappa shape index (κ2) is 6.85. The molecule has 0 aliphatic rings. The number of aromatic nitrogens is 2. The summed E-state index contributed by atoms with van der Waals surface area (Å²) < 4.78 is 0. The Morgan fingerprint density at radius 1 is 1.33 bits per heavy atom. The molecular weight excluding hydrogens is 288 g/mol. The number of hydrogen-bond acceptors (Lipinski definition) is 5. The SMILES string of the molecule is Cc1nc(SC(=O)NN=Cc2ccccc2)[nH]c(=O)c1C. The van der Waals surface area contributed by atoms with Crippen molar-refractivity contribution >= 4 is 23.2 Å². The van der Waals surface area contributed by atoms with E-state index in [4.69, 9.17) is 0 Å². The van der Waals surface area contributed by atoms with E-state index in [-0.39, 0.29) is 10.7 Å². The van der Waals surface area contributed by atoms with E-state index in [1.807, 2.05) is 30.3 Å². The number of amides is 1. The van der Waals surface area contributed by atoms with Crippen LogP contribution in [0, 0.1) is 13.8 Å². The van der Waals surface area contributed by atoms with Gasteiger partial charge in [0.15, 0.2) is 5.16 Å². The van der Waals surface area contributed by atoms with Gasteiger partial charge < -0.3 is 4.98 Å². The lowest BCUT2D eigenvalue weighted by molar-refractivity contribution is 0.261. The number of nitrogens with one attached hydrogen (secondary N) is 2. The molecule has 1 aromatic carbocycles. The maximum Gasteiger partial charge on any atom is 0.306 e. The first kappa shape index (κ1) is 15.0. The monoisotopic (exact) mass is 302 g/mol. The summed E-state index contributed by atoms with van der Waals surface area (Å²) in [5, 5.41) is 3.66. The van der Waals surface area contributed by atoms with E-state index < -0.39 is 5.24 Å². The molecule has 6 nitrogen and oxygen atoms in total.